The first kappa shape index (κ1) is 18.1. The van der Waals surface area contributed by atoms with E-state index >= 15 is 0 Å². The van der Waals surface area contributed by atoms with Crippen LogP contribution in [0.5, 0.6) is 0 Å². The smallest absolute Gasteiger partial charge is 0.243 e. The molecule has 1 aromatic carbocycles. The first-order valence-corrected chi connectivity index (χ1v) is 9.62. The summed E-state index contributed by atoms with van der Waals surface area (Å²) in [5.41, 5.74) is 0.438. The van der Waals surface area contributed by atoms with E-state index in [0.29, 0.717) is 31.7 Å². The molecule has 0 N–H and O–H groups in total. The zero-order valence-corrected chi connectivity index (χ0v) is 15.5. The lowest BCUT2D eigenvalue weighted by molar-refractivity contribution is 0.383. The van der Waals surface area contributed by atoms with Gasteiger partial charge in [-0.25, -0.2) is 8.42 Å². The van der Waals surface area contributed by atoms with Gasteiger partial charge in [0, 0.05) is 40.3 Å². The summed E-state index contributed by atoms with van der Waals surface area (Å²) < 4.78 is 26.9. The quantitative estimate of drug-likeness (QED) is 0.788. The third kappa shape index (κ3) is 3.61. The number of piperazine rings is 1. The summed E-state index contributed by atoms with van der Waals surface area (Å²) in [5, 5.41) is 17.2. The van der Waals surface area contributed by atoms with Crippen LogP contribution in [0.4, 0.5) is 11.6 Å². The minimum absolute atomic E-state index is 0.208. The molecule has 1 aromatic heterocycles. The summed E-state index contributed by atoms with van der Waals surface area (Å²) in [6, 6.07) is 11.8. The monoisotopic (exact) mass is 372 g/mol. The van der Waals surface area contributed by atoms with E-state index in [4.69, 9.17) is 5.26 Å². The molecule has 2 aromatic rings. The molecule has 1 aliphatic rings. The third-order valence-corrected chi connectivity index (χ3v) is 6.19. The number of hydrogen-bond acceptors (Lipinski definition) is 7. The van der Waals surface area contributed by atoms with Gasteiger partial charge < -0.3 is 9.80 Å². The Morgan fingerprint density at radius 1 is 1.00 bits per heavy atom. The molecule has 1 fully saturated rings. The van der Waals surface area contributed by atoms with Gasteiger partial charge >= 0.3 is 0 Å². The Kier molecular flexibility index (Phi) is 5.06. The average molecular weight is 372 g/mol. The Labute approximate surface area is 153 Å². The van der Waals surface area contributed by atoms with Crippen LogP contribution in [0.15, 0.2) is 41.3 Å². The van der Waals surface area contributed by atoms with E-state index in [0.717, 1.165) is 11.6 Å². The number of nitriles is 1. The van der Waals surface area contributed by atoms with Gasteiger partial charge in [0.25, 0.3) is 0 Å². The van der Waals surface area contributed by atoms with Gasteiger partial charge in [0.1, 0.15) is 0 Å². The van der Waals surface area contributed by atoms with E-state index in [-0.39, 0.29) is 4.90 Å². The Bertz CT molecular complexity index is 896. The number of rotatable bonds is 4. The van der Waals surface area contributed by atoms with E-state index in [1.54, 1.807) is 0 Å². The van der Waals surface area contributed by atoms with Gasteiger partial charge in [0.05, 0.1) is 16.5 Å². The second-order valence-electron chi connectivity index (χ2n) is 6.17. The lowest BCUT2D eigenvalue weighted by atomic mass is 10.2. The van der Waals surface area contributed by atoms with E-state index in [1.165, 1.54) is 28.6 Å². The van der Waals surface area contributed by atoms with E-state index in [9.17, 15) is 8.42 Å². The van der Waals surface area contributed by atoms with Crippen LogP contribution in [0.3, 0.4) is 0 Å². The maximum absolute atomic E-state index is 12.7. The molecule has 0 atom stereocenters. The fourth-order valence-electron chi connectivity index (χ4n) is 2.73. The Morgan fingerprint density at radius 3 is 2.15 bits per heavy atom. The lowest BCUT2D eigenvalue weighted by Gasteiger charge is -2.34. The second-order valence-corrected chi connectivity index (χ2v) is 8.11. The van der Waals surface area contributed by atoms with Gasteiger partial charge in [0.2, 0.25) is 10.0 Å². The number of aromatic nitrogens is 2. The van der Waals surface area contributed by atoms with Crippen LogP contribution in [0.25, 0.3) is 0 Å². The molecule has 0 bridgehead atoms. The molecule has 1 aliphatic heterocycles. The molecule has 8 nitrogen and oxygen atoms in total. The van der Waals surface area contributed by atoms with Gasteiger partial charge in [-0.2, -0.15) is 9.57 Å². The van der Waals surface area contributed by atoms with Crippen molar-refractivity contribution in [1.82, 2.24) is 14.5 Å². The highest BCUT2D eigenvalue weighted by Crippen LogP contribution is 2.20. The zero-order valence-electron chi connectivity index (χ0n) is 14.7. The number of nitrogens with zero attached hydrogens (tertiary/aromatic N) is 6. The molecule has 0 spiro atoms. The molecule has 0 radical (unpaired) electrons. The zero-order chi connectivity index (χ0) is 18.7. The molecule has 0 aliphatic carbocycles. The minimum Gasteiger partial charge on any atom is -0.361 e. The molecule has 2 heterocycles. The van der Waals surface area contributed by atoms with Crippen LogP contribution in [-0.2, 0) is 10.0 Å². The topological polar surface area (TPSA) is 93.4 Å². The van der Waals surface area contributed by atoms with Crippen LogP contribution in [-0.4, -0.2) is 63.2 Å². The highest BCUT2D eigenvalue weighted by molar-refractivity contribution is 7.89. The number of hydrogen-bond donors (Lipinski definition) is 0. The highest BCUT2D eigenvalue weighted by atomic mass is 32.2. The average Bonchev–Trinajstić information content (AvgIpc) is 2.68. The van der Waals surface area contributed by atoms with Gasteiger partial charge in [-0.1, -0.05) is 0 Å². The minimum atomic E-state index is -3.56. The van der Waals surface area contributed by atoms with Crippen molar-refractivity contribution >= 4 is 21.7 Å². The summed E-state index contributed by atoms with van der Waals surface area (Å²) in [6.07, 6.45) is 0. The summed E-state index contributed by atoms with van der Waals surface area (Å²) in [6.45, 7) is 1.84. The van der Waals surface area contributed by atoms with E-state index in [1.807, 2.05) is 42.1 Å². The molecule has 136 valence electrons. The first-order valence-electron chi connectivity index (χ1n) is 8.18. The first-order chi connectivity index (χ1) is 12.4. The van der Waals surface area contributed by atoms with Crippen molar-refractivity contribution < 1.29 is 8.42 Å². The number of sulfonamides is 1. The van der Waals surface area contributed by atoms with E-state index in [2.05, 4.69) is 10.2 Å². The third-order valence-electron chi connectivity index (χ3n) is 4.28. The molecular weight excluding hydrogens is 352 g/mol. The predicted molar refractivity (Wildman–Crippen MR) is 98.5 cm³/mol. The fraction of sp³-hybridized carbons (Fsp3) is 0.353. The van der Waals surface area contributed by atoms with Crippen molar-refractivity contribution in [2.45, 2.75) is 4.90 Å². The van der Waals surface area contributed by atoms with Crippen LogP contribution < -0.4 is 9.80 Å². The van der Waals surface area contributed by atoms with Gasteiger partial charge in [-0.15, -0.1) is 10.2 Å². The van der Waals surface area contributed by atoms with Crippen LogP contribution >= 0.6 is 0 Å². The molecular formula is C17H20N6O2S. The maximum atomic E-state index is 12.7. The summed E-state index contributed by atoms with van der Waals surface area (Å²) in [7, 11) is 0.243. The van der Waals surface area contributed by atoms with Crippen LogP contribution in [0.1, 0.15) is 5.56 Å². The van der Waals surface area contributed by atoms with Gasteiger partial charge in [-0.3, -0.25) is 0 Å². The molecule has 9 heteroatoms. The SMILES string of the molecule is CN(C)c1ccc(N2CCN(S(=O)(=O)c3ccc(C#N)cc3)CC2)nn1. The van der Waals surface area contributed by atoms with Crippen molar-refractivity contribution in [3.8, 4) is 6.07 Å². The van der Waals surface area contributed by atoms with Gasteiger partial charge in [-0.05, 0) is 36.4 Å². The van der Waals surface area contributed by atoms with Crippen molar-refractivity contribution in [2.75, 3.05) is 50.1 Å². The molecule has 0 unspecified atom stereocenters. The van der Waals surface area contributed by atoms with Crippen molar-refractivity contribution in [3.05, 3.63) is 42.0 Å². The lowest BCUT2D eigenvalue weighted by Crippen LogP contribution is -2.49. The normalized spacial score (nSPS) is 15.5. The standard InChI is InChI=1S/C17H20N6O2S/c1-21(2)16-7-8-17(20-19-16)22-9-11-23(12-10-22)26(24,25)15-5-3-14(13-18)4-6-15/h3-8H,9-12H2,1-2H3. The van der Waals surface area contributed by atoms with Crippen LogP contribution in [0.2, 0.25) is 0 Å². The van der Waals surface area contributed by atoms with Gasteiger partial charge in [0.15, 0.2) is 11.6 Å². The predicted octanol–water partition coefficient (Wildman–Crippen LogP) is 0.925. The largest absolute Gasteiger partial charge is 0.361 e. The summed E-state index contributed by atoms with van der Waals surface area (Å²) >= 11 is 0. The molecule has 3 rings (SSSR count). The highest BCUT2D eigenvalue weighted by Gasteiger charge is 2.29. The second kappa shape index (κ2) is 7.27. The van der Waals surface area contributed by atoms with Crippen molar-refractivity contribution in [1.29, 1.82) is 5.26 Å². The maximum Gasteiger partial charge on any atom is 0.243 e. The summed E-state index contributed by atoms with van der Waals surface area (Å²) in [4.78, 5) is 4.11. The molecule has 1 saturated heterocycles. The number of benzene rings is 1. The number of anilines is 2. The van der Waals surface area contributed by atoms with Crippen LogP contribution in [0, 0.1) is 11.3 Å². The molecule has 0 amide bonds. The summed E-state index contributed by atoms with van der Waals surface area (Å²) in [5.74, 6) is 1.52. The Morgan fingerprint density at radius 2 is 1.65 bits per heavy atom. The Balaban J connectivity index is 1.68. The van der Waals surface area contributed by atoms with Crippen molar-refractivity contribution in [3.63, 3.8) is 0 Å². The van der Waals surface area contributed by atoms with Crippen molar-refractivity contribution in [2.24, 2.45) is 0 Å². The molecule has 0 saturated carbocycles. The fourth-order valence-corrected chi connectivity index (χ4v) is 4.16. The van der Waals surface area contributed by atoms with E-state index < -0.39 is 10.0 Å². The Hall–Kier alpha value is -2.70. The molecule has 26 heavy (non-hydrogen) atoms.